The molecular weight excluding hydrogens is 340 g/mol. The van der Waals surface area contributed by atoms with Gasteiger partial charge in [0.1, 0.15) is 11.2 Å². The highest BCUT2D eigenvalue weighted by Gasteiger charge is 2.57. The minimum absolute atomic E-state index is 0.0236. The lowest BCUT2D eigenvalue weighted by Gasteiger charge is -2.34. The topological polar surface area (TPSA) is 67.2 Å². The predicted octanol–water partition coefficient (Wildman–Crippen LogP) is 2.90. The van der Waals surface area contributed by atoms with E-state index >= 15 is 0 Å². The van der Waals surface area contributed by atoms with Crippen LogP contribution in [0.15, 0.2) is 24.4 Å². The van der Waals surface area contributed by atoms with Crippen LogP contribution in [-0.2, 0) is 20.5 Å². The van der Waals surface area contributed by atoms with E-state index in [-0.39, 0.29) is 23.8 Å². The number of nitrogens with one attached hydrogen (secondary N) is 1. The summed E-state index contributed by atoms with van der Waals surface area (Å²) in [5, 5.41) is 7.86. The molecule has 0 bridgehead atoms. The summed E-state index contributed by atoms with van der Waals surface area (Å²) in [4.78, 5) is 27.5. The lowest BCUT2D eigenvalue weighted by Crippen LogP contribution is -2.46. The van der Waals surface area contributed by atoms with Crippen molar-refractivity contribution in [1.29, 1.82) is 0 Å². The van der Waals surface area contributed by atoms with E-state index in [1.54, 1.807) is 28.9 Å². The van der Waals surface area contributed by atoms with E-state index in [1.165, 1.54) is 0 Å². The molecule has 25 heavy (non-hydrogen) atoms. The maximum atomic E-state index is 13.3. The van der Waals surface area contributed by atoms with Crippen LogP contribution in [0.4, 0.5) is 11.5 Å². The molecule has 0 fully saturated rings. The van der Waals surface area contributed by atoms with Crippen LogP contribution >= 0.6 is 11.6 Å². The predicted molar refractivity (Wildman–Crippen MR) is 96.1 cm³/mol. The zero-order chi connectivity index (χ0) is 18.1. The smallest absolute Gasteiger partial charge is 0.242 e. The molecule has 2 aliphatic rings. The Labute approximate surface area is 150 Å². The molecule has 4 rings (SSSR count). The van der Waals surface area contributed by atoms with Crippen molar-refractivity contribution in [2.45, 2.75) is 38.1 Å². The molecule has 7 heteroatoms. The molecule has 0 saturated carbocycles. The number of anilines is 2. The molecule has 2 amide bonds. The SMILES string of the molecule is CN1C(=O)[C@@]2(CC(=O)Nc3c2cnn3C(C)(C)C)c2c(Cl)cccc21. The normalized spacial score (nSPS) is 22.2. The number of amides is 2. The molecule has 1 aromatic carbocycles. The van der Waals surface area contributed by atoms with Crippen molar-refractivity contribution >= 4 is 34.9 Å². The maximum Gasteiger partial charge on any atom is 0.242 e. The Kier molecular flexibility index (Phi) is 3.13. The maximum absolute atomic E-state index is 13.3. The summed E-state index contributed by atoms with van der Waals surface area (Å²) in [6.07, 6.45) is 1.71. The lowest BCUT2D eigenvalue weighted by molar-refractivity contribution is -0.126. The molecule has 2 aliphatic heterocycles. The molecule has 130 valence electrons. The minimum Gasteiger partial charge on any atom is -0.314 e. The van der Waals surface area contributed by atoms with E-state index in [2.05, 4.69) is 10.4 Å². The zero-order valence-corrected chi connectivity index (χ0v) is 15.3. The number of nitrogens with zero attached hydrogens (tertiary/aromatic N) is 3. The van der Waals surface area contributed by atoms with Crippen LogP contribution in [0.5, 0.6) is 0 Å². The molecule has 3 heterocycles. The number of carbonyl (C=O) groups excluding carboxylic acids is 2. The minimum atomic E-state index is -1.12. The monoisotopic (exact) mass is 358 g/mol. The lowest BCUT2D eigenvalue weighted by atomic mass is 9.71. The second-order valence-corrected chi connectivity index (χ2v) is 8.03. The molecule has 0 aliphatic carbocycles. The summed E-state index contributed by atoms with van der Waals surface area (Å²) < 4.78 is 1.75. The molecule has 0 saturated heterocycles. The number of benzene rings is 1. The summed E-state index contributed by atoms with van der Waals surface area (Å²) in [7, 11) is 1.71. The highest BCUT2D eigenvalue weighted by atomic mass is 35.5. The molecular formula is C18H19ClN4O2. The standard InChI is InChI=1S/C18H19ClN4O2/c1-17(2,3)23-15-10(9-20-23)18(8-13(24)21-15)14-11(19)6-5-7-12(14)22(4)16(18)25/h5-7,9H,8H2,1-4H3,(H,21,24)/t18-/m1/s1. The van der Waals surface area contributed by atoms with Crippen LogP contribution in [0.1, 0.15) is 38.3 Å². The third kappa shape index (κ3) is 1.94. The van der Waals surface area contributed by atoms with Crippen molar-refractivity contribution in [3.05, 3.63) is 40.5 Å². The van der Waals surface area contributed by atoms with Gasteiger partial charge in [0.05, 0.1) is 11.7 Å². The summed E-state index contributed by atoms with van der Waals surface area (Å²) in [5.74, 6) is 0.200. The number of carbonyl (C=O) groups is 2. The average molecular weight is 359 g/mol. The second kappa shape index (κ2) is 4.85. The number of hydrogen-bond donors (Lipinski definition) is 1. The Morgan fingerprint density at radius 2 is 2.00 bits per heavy atom. The van der Waals surface area contributed by atoms with E-state index in [0.717, 1.165) is 5.69 Å². The molecule has 0 unspecified atom stereocenters. The van der Waals surface area contributed by atoms with Gasteiger partial charge in [0, 0.05) is 35.3 Å². The van der Waals surface area contributed by atoms with E-state index in [0.29, 0.717) is 22.0 Å². The van der Waals surface area contributed by atoms with Crippen LogP contribution < -0.4 is 10.2 Å². The van der Waals surface area contributed by atoms with Crippen molar-refractivity contribution in [2.24, 2.45) is 0 Å². The summed E-state index contributed by atoms with van der Waals surface area (Å²) in [6.45, 7) is 5.99. The molecule has 1 atom stereocenters. The summed E-state index contributed by atoms with van der Waals surface area (Å²) in [5.41, 5.74) is 0.668. The van der Waals surface area contributed by atoms with Crippen LogP contribution in [0.25, 0.3) is 0 Å². The van der Waals surface area contributed by atoms with Gasteiger partial charge >= 0.3 is 0 Å². The van der Waals surface area contributed by atoms with Gasteiger partial charge in [-0.15, -0.1) is 0 Å². The Morgan fingerprint density at radius 3 is 2.68 bits per heavy atom. The van der Waals surface area contributed by atoms with Crippen molar-refractivity contribution in [3.63, 3.8) is 0 Å². The number of aromatic nitrogens is 2. The number of halogens is 1. The van der Waals surface area contributed by atoms with Crippen LogP contribution in [-0.4, -0.2) is 28.6 Å². The van der Waals surface area contributed by atoms with Gasteiger partial charge in [0.25, 0.3) is 0 Å². The average Bonchev–Trinajstić information content (AvgIpc) is 3.03. The first-order valence-electron chi connectivity index (χ1n) is 8.14. The summed E-state index contributed by atoms with van der Waals surface area (Å²) in [6, 6.07) is 5.43. The second-order valence-electron chi connectivity index (χ2n) is 7.62. The molecule has 1 aromatic heterocycles. The third-order valence-electron chi connectivity index (χ3n) is 5.00. The molecule has 1 spiro atoms. The Morgan fingerprint density at radius 1 is 1.28 bits per heavy atom. The van der Waals surface area contributed by atoms with E-state index in [9.17, 15) is 9.59 Å². The quantitative estimate of drug-likeness (QED) is 0.787. The van der Waals surface area contributed by atoms with Gasteiger partial charge < -0.3 is 10.2 Å². The largest absolute Gasteiger partial charge is 0.314 e. The number of rotatable bonds is 0. The van der Waals surface area contributed by atoms with Gasteiger partial charge in [-0.25, -0.2) is 4.68 Å². The van der Waals surface area contributed by atoms with Gasteiger partial charge in [-0.2, -0.15) is 5.10 Å². The first-order chi connectivity index (χ1) is 11.7. The first-order valence-corrected chi connectivity index (χ1v) is 8.51. The fraction of sp³-hybridized carbons (Fsp3) is 0.389. The Hall–Kier alpha value is -2.34. The van der Waals surface area contributed by atoms with Crippen molar-refractivity contribution < 1.29 is 9.59 Å². The van der Waals surface area contributed by atoms with E-state index < -0.39 is 5.41 Å². The zero-order valence-electron chi connectivity index (χ0n) is 14.6. The fourth-order valence-electron chi connectivity index (χ4n) is 3.93. The molecule has 2 aromatic rings. The highest BCUT2D eigenvalue weighted by Crippen LogP contribution is 2.54. The van der Waals surface area contributed by atoms with Gasteiger partial charge in [-0.05, 0) is 32.9 Å². The van der Waals surface area contributed by atoms with Gasteiger partial charge in [0.2, 0.25) is 11.8 Å². The highest BCUT2D eigenvalue weighted by molar-refractivity contribution is 6.33. The Bertz CT molecular complexity index is 928. The van der Waals surface area contributed by atoms with Gasteiger partial charge in [-0.1, -0.05) is 17.7 Å². The Balaban J connectivity index is 2.07. The van der Waals surface area contributed by atoms with Crippen LogP contribution in [0, 0.1) is 0 Å². The van der Waals surface area contributed by atoms with E-state index in [4.69, 9.17) is 11.6 Å². The first kappa shape index (κ1) is 16.1. The van der Waals surface area contributed by atoms with Crippen molar-refractivity contribution in [1.82, 2.24) is 9.78 Å². The third-order valence-corrected chi connectivity index (χ3v) is 5.31. The van der Waals surface area contributed by atoms with Crippen LogP contribution in [0.2, 0.25) is 5.02 Å². The van der Waals surface area contributed by atoms with Crippen molar-refractivity contribution in [2.75, 3.05) is 17.3 Å². The fourth-order valence-corrected chi connectivity index (χ4v) is 4.26. The van der Waals surface area contributed by atoms with Crippen LogP contribution in [0.3, 0.4) is 0 Å². The molecule has 1 N–H and O–H groups in total. The molecule has 0 radical (unpaired) electrons. The van der Waals surface area contributed by atoms with E-state index in [1.807, 2.05) is 32.9 Å². The number of likely N-dealkylation sites (N-methyl/N-ethyl adjacent to an activating group) is 1. The van der Waals surface area contributed by atoms with Gasteiger partial charge in [0.15, 0.2) is 0 Å². The number of fused-ring (bicyclic) bond motifs is 4. The van der Waals surface area contributed by atoms with Gasteiger partial charge in [-0.3, -0.25) is 9.59 Å². The molecule has 6 nitrogen and oxygen atoms in total. The van der Waals surface area contributed by atoms with Crippen molar-refractivity contribution in [3.8, 4) is 0 Å². The summed E-state index contributed by atoms with van der Waals surface area (Å²) >= 11 is 6.50. The number of hydrogen-bond acceptors (Lipinski definition) is 3.